The summed E-state index contributed by atoms with van der Waals surface area (Å²) in [6.45, 7) is 5.99. The Kier molecular flexibility index (Phi) is 6.11. The monoisotopic (exact) mass is 379 g/mol. The van der Waals surface area contributed by atoms with E-state index in [1.807, 2.05) is 0 Å². The summed E-state index contributed by atoms with van der Waals surface area (Å²) in [5.41, 5.74) is -0.379. The van der Waals surface area contributed by atoms with Crippen molar-refractivity contribution in [3.05, 3.63) is 16.3 Å². The normalized spacial score (nSPS) is 20.0. The van der Waals surface area contributed by atoms with E-state index in [0.717, 1.165) is 6.04 Å². The van der Waals surface area contributed by atoms with Gasteiger partial charge in [0.05, 0.1) is 17.4 Å². The van der Waals surface area contributed by atoms with Crippen LogP contribution in [0.1, 0.15) is 0 Å². The third-order valence-electron chi connectivity index (χ3n) is 3.76. The molecular weight excluding hydrogens is 356 g/mol. The molecule has 0 saturated carbocycles. The van der Waals surface area contributed by atoms with E-state index in [9.17, 15) is 18.9 Å². The van der Waals surface area contributed by atoms with Crippen LogP contribution in [0.15, 0.2) is 6.20 Å². The summed E-state index contributed by atoms with van der Waals surface area (Å²) in [7, 11) is -1.23. The largest absolute Gasteiger partial charge is 0.471 e. The standard InChI is InChI=1S/C14H23F2N3O5Si/c1-25(2,3)5-4-22-10-18-6-12(19(20)21)13(17-18)24-8-11-7-23-9-14(11,15)16/h6,11H,4-5,7-10H2,1-3H3. The van der Waals surface area contributed by atoms with Crippen molar-refractivity contribution in [1.82, 2.24) is 9.78 Å². The Labute approximate surface area is 145 Å². The Bertz CT molecular complexity index is 606. The molecule has 8 nitrogen and oxygen atoms in total. The van der Waals surface area contributed by atoms with E-state index in [0.29, 0.717) is 6.61 Å². The molecule has 1 unspecified atom stereocenters. The lowest BCUT2D eigenvalue weighted by atomic mass is 10.1. The molecule has 0 spiro atoms. The van der Waals surface area contributed by atoms with Crippen molar-refractivity contribution in [2.75, 3.05) is 26.4 Å². The van der Waals surface area contributed by atoms with Crippen molar-refractivity contribution < 1.29 is 27.9 Å². The van der Waals surface area contributed by atoms with Crippen LogP contribution in [-0.4, -0.2) is 55.1 Å². The van der Waals surface area contributed by atoms with Crippen molar-refractivity contribution >= 4 is 13.8 Å². The zero-order valence-electron chi connectivity index (χ0n) is 14.5. The lowest BCUT2D eigenvalue weighted by Crippen LogP contribution is -2.31. The average molecular weight is 379 g/mol. The van der Waals surface area contributed by atoms with Crippen molar-refractivity contribution in [3.8, 4) is 5.88 Å². The Morgan fingerprint density at radius 2 is 2.24 bits per heavy atom. The van der Waals surface area contributed by atoms with E-state index < -0.39 is 38.1 Å². The molecule has 11 heteroatoms. The quantitative estimate of drug-likeness (QED) is 0.284. The molecule has 142 valence electrons. The fraction of sp³-hybridized carbons (Fsp3) is 0.786. The van der Waals surface area contributed by atoms with Crippen LogP contribution in [-0.2, 0) is 16.2 Å². The predicted octanol–water partition coefficient (Wildman–Crippen LogP) is 2.76. The van der Waals surface area contributed by atoms with Crippen molar-refractivity contribution in [2.24, 2.45) is 5.92 Å². The summed E-state index contributed by atoms with van der Waals surface area (Å²) in [5.74, 6) is -4.44. The number of rotatable bonds is 9. The smallest absolute Gasteiger partial charge is 0.350 e. The third-order valence-corrected chi connectivity index (χ3v) is 5.46. The summed E-state index contributed by atoms with van der Waals surface area (Å²) in [6, 6.07) is 0.955. The van der Waals surface area contributed by atoms with Crippen molar-refractivity contribution in [3.63, 3.8) is 0 Å². The molecule has 1 atom stereocenters. The Hall–Kier alpha value is -1.59. The molecule has 0 radical (unpaired) electrons. The minimum Gasteiger partial charge on any atom is -0.471 e. The molecule has 2 rings (SSSR count). The first-order valence-corrected chi connectivity index (χ1v) is 11.7. The van der Waals surface area contributed by atoms with Crippen LogP contribution in [0, 0.1) is 16.0 Å². The van der Waals surface area contributed by atoms with E-state index in [4.69, 9.17) is 14.2 Å². The van der Waals surface area contributed by atoms with Crippen molar-refractivity contribution in [1.29, 1.82) is 0 Å². The molecule has 1 fully saturated rings. The topological polar surface area (TPSA) is 88.7 Å². The Morgan fingerprint density at radius 1 is 1.52 bits per heavy atom. The molecular formula is C14H23F2N3O5Si. The third kappa shape index (κ3) is 5.72. The fourth-order valence-corrected chi connectivity index (χ4v) is 2.91. The van der Waals surface area contributed by atoms with Gasteiger partial charge in [-0.15, -0.1) is 5.10 Å². The first kappa shape index (κ1) is 19.7. The van der Waals surface area contributed by atoms with Crippen LogP contribution >= 0.6 is 0 Å². The second-order valence-corrected chi connectivity index (χ2v) is 12.9. The highest BCUT2D eigenvalue weighted by Gasteiger charge is 2.46. The van der Waals surface area contributed by atoms with Crippen molar-refractivity contribution in [2.45, 2.75) is 38.3 Å². The molecule has 0 N–H and O–H groups in total. The fourth-order valence-electron chi connectivity index (χ4n) is 2.15. The maximum absolute atomic E-state index is 13.5. The van der Waals surface area contributed by atoms with E-state index in [-0.39, 0.29) is 24.9 Å². The van der Waals surface area contributed by atoms with Gasteiger partial charge in [0.15, 0.2) is 0 Å². The Morgan fingerprint density at radius 3 is 2.80 bits per heavy atom. The molecule has 1 aromatic rings. The maximum Gasteiger partial charge on any atom is 0.350 e. The van der Waals surface area contributed by atoms with Crippen LogP contribution < -0.4 is 4.74 Å². The second-order valence-electron chi connectivity index (χ2n) is 7.25. The van der Waals surface area contributed by atoms with Gasteiger partial charge in [-0.2, -0.15) is 0 Å². The van der Waals surface area contributed by atoms with Gasteiger partial charge in [-0.25, -0.2) is 13.5 Å². The number of ether oxygens (including phenoxy) is 3. The lowest BCUT2D eigenvalue weighted by Gasteiger charge is -2.16. The highest BCUT2D eigenvalue weighted by Crippen LogP contribution is 2.33. The van der Waals surface area contributed by atoms with Gasteiger partial charge in [0.2, 0.25) is 0 Å². The number of nitrogens with zero attached hydrogens (tertiary/aromatic N) is 3. The van der Waals surface area contributed by atoms with Crippen LogP contribution in [0.25, 0.3) is 0 Å². The summed E-state index contributed by atoms with van der Waals surface area (Å²) in [6.07, 6.45) is 1.17. The van der Waals surface area contributed by atoms with Gasteiger partial charge in [0.25, 0.3) is 5.92 Å². The number of hydrogen-bond acceptors (Lipinski definition) is 6. The molecule has 2 heterocycles. The predicted molar refractivity (Wildman–Crippen MR) is 87.7 cm³/mol. The highest BCUT2D eigenvalue weighted by atomic mass is 28.3. The summed E-state index contributed by atoms with van der Waals surface area (Å²) in [4.78, 5) is 10.4. The molecule has 0 aliphatic carbocycles. The summed E-state index contributed by atoms with van der Waals surface area (Å²) in [5, 5.41) is 15.0. The van der Waals surface area contributed by atoms with Gasteiger partial charge >= 0.3 is 11.6 Å². The highest BCUT2D eigenvalue weighted by molar-refractivity contribution is 6.76. The minimum atomic E-state index is -3.00. The SMILES string of the molecule is C[Si](C)(C)CCOCn1cc([N+](=O)[O-])c(OCC2COCC2(F)F)n1. The average Bonchev–Trinajstić information content (AvgIpc) is 3.03. The molecule has 1 aromatic heterocycles. The van der Waals surface area contributed by atoms with Gasteiger partial charge in [-0.3, -0.25) is 10.1 Å². The number of halogens is 2. The minimum absolute atomic E-state index is 0.0391. The van der Waals surface area contributed by atoms with Crippen LogP contribution in [0.4, 0.5) is 14.5 Å². The first-order valence-electron chi connectivity index (χ1n) is 7.96. The molecule has 0 amide bonds. The van der Waals surface area contributed by atoms with E-state index in [2.05, 4.69) is 24.7 Å². The molecule has 25 heavy (non-hydrogen) atoms. The van der Waals surface area contributed by atoms with E-state index in [1.165, 1.54) is 10.9 Å². The lowest BCUT2D eigenvalue weighted by molar-refractivity contribution is -0.386. The zero-order chi connectivity index (χ0) is 18.7. The first-order chi connectivity index (χ1) is 11.6. The molecule has 1 aliphatic heterocycles. The molecule has 1 aliphatic rings. The van der Waals surface area contributed by atoms with Gasteiger partial charge in [0, 0.05) is 14.7 Å². The summed E-state index contributed by atoms with van der Waals surface area (Å²) >= 11 is 0. The number of aromatic nitrogens is 2. The Balaban J connectivity index is 1.93. The van der Waals surface area contributed by atoms with E-state index in [1.54, 1.807) is 0 Å². The zero-order valence-corrected chi connectivity index (χ0v) is 15.5. The van der Waals surface area contributed by atoms with Crippen LogP contribution in [0.2, 0.25) is 25.7 Å². The number of nitro groups is 1. The molecule has 1 saturated heterocycles. The van der Waals surface area contributed by atoms with Gasteiger partial charge in [-0.05, 0) is 6.04 Å². The van der Waals surface area contributed by atoms with Gasteiger partial charge < -0.3 is 14.2 Å². The number of alkyl halides is 2. The second kappa shape index (κ2) is 7.75. The number of hydrogen-bond donors (Lipinski definition) is 0. The molecule has 0 bridgehead atoms. The molecule has 0 aromatic carbocycles. The maximum atomic E-state index is 13.5. The van der Waals surface area contributed by atoms with Crippen LogP contribution in [0.3, 0.4) is 0 Å². The van der Waals surface area contributed by atoms with Gasteiger partial charge in [-0.1, -0.05) is 19.6 Å². The van der Waals surface area contributed by atoms with Crippen LogP contribution in [0.5, 0.6) is 5.88 Å². The summed E-state index contributed by atoms with van der Waals surface area (Å²) < 4.78 is 43.6. The van der Waals surface area contributed by atoms with E-state index >= 15 is 0 Å². The van der Waals surface area contributed by atoms with Gasteiger partial charge in [0.1, 0.15) is 26.1 Å².